The Labute approximate surface area is 163 Å². The van der Waals surface area contributed by atoms with Gasteiger partial charge < -0.3 is 14.7 Å². The first-order valence-electron chi connectivity index (χ1n) is 9.54. The summed E-state index contributed by atoms with van der Waals surface area (Å²) in [6.45, 7) is 0.726. The number of carbonyl (C=O) groups is 1. The largest absolute Gasteiger partial charge is 0.494 e. The monoisotopic (exact) mass is 389 g/mol. The zero-order valence-electron chi connectivity index (χ0n) is 15.9. The second-order valence-electron chi connectivity index (χ2n) is 7.16. The van der Waals surface area contributed by atoms with E-state index in [1.165, 1.54) is 17.6 Å². The van der Waals surface area contributed by atoms with Gasteiger partial charge in [0.1, 0.15) is 11.4 Å². The summed E-state index contributed by atoms with van der Waals surface area (Å²) in [5.74, 6) is -2.62. The predicted octanol–water partition coefficient (Wildman–Crippen LogP) is 3.82. The van der Waals surface area contributed by atoms with Gasteiger partial charge in [-0.3, -0.25) is 4.79 Å². The lowest BCUT2D eigenvalue weighted by atomic mass is 9.88. The minimum Gasteiger partial charge on any atom is -0.494 e. The molecule has 4 nitrogen and oxygen atoms in total. The molecule has 1 saturated heterocycles. The number of piperidine rings is 1. The number of aryl methyl sites for hydroxylation is 1. The number of carbonyl (C=O) groups excluding carboxylic acids is 1. The summed E-state index contributed by atoms with van der Waals surface area (Å²) in [7, 11) is 1.27. The maximum Gasteiger partial charge on any atom is 0.259 e. The number of likely N-dealkylation sites (tertiary alicyclic amines) is 1. The van der Waals surface area contributed by atoms with Crippen LogP contribution >= 0.6 is 0 Å². The molecule has 1 aliphatic heterocycles. The van der Waals surface area contributed by atoms with Crippen molar-refractivity contribution in [1.82, 2.24) is 4.90 Å². The van der Waals surface area contributed by atoms with Gasteiger partial charge in [0.25, 0.3) is 5.91 Å². The van der Waals surface area contributed by atoms with Crippen LogP contribution in [0.1, 0.15) is 35.2 Å². The van der Waals surface area contributed by atoms with Crippen molar-refractivity contribution in [2.45, 2.75) is 31.8 Å². The van der Waals surface area contributed by atoms with Crippen LogP contribution in [0.3, 0.4) is 0 Å². The first-order valence-corrected chi connectivity index (χ1v) is 9.54. The molecule has 0 aromatic heterocycles. The molecule has 0 radical (unpaired) electrons. The van der Waals surface area contributed by atoms with Gasteiger partial charge >= 0.3 is 0 Å². The third-order valence-corrected chi connectivity index (χ3v) is 5.43. The highest BCUT2D eigenvalue weighted by Gasteiger charge is 2.31. The van der Waals surface area contributed by atoms with Gasteiger partial charge in [0.2, 0.25) is 0 Å². The number of hydrogen-bond donors (Lipinski definition) is 1. The van der Waals surface area contributed by atoms with Crippen LogP contribution in [-0.2, 0) is 6.42 Å². The summed E-state index contributed by atoms with van der Waals surface area (Å²) in [4.78, 5) is 14.1. The number of hydrogen-bond acceptors (Lipinski definition) is 3. The van der Waals surface area contributed by atoms with E-state index < -0.39 is 29.2 Å². The molecule has 150 valence electrons. The fourth-order valence-electron chi connectivity index (χ4n) is 3.73. The molecule has 0 spiro atoms. The molecule has 6 heteroatoms. The van der Waals surface area contributed by atoms with Gasteiger partial charge in [-0.15, -0.1) is 0 Å². The van der Waals surface area contributed by atoms with E-state index >= 15 is 0 Å². The Kier molecular flexibility index (Phi) is 6.62. The average Bonchev–Trinajstić information content (AvgIpc) is 2.73. The summed E-state index contributed by atoms with van der Waals surface area (Å²) in [5.41, 5.74) is 0.598. The molecule has 1 atom stereocenters. The summed E-state index contributed by atoms with van der Waals surface area (Å²) < 4.78 is 33.3. The molecule has 28 heavy (non-hydrogen) atoms. The van der Waals surface area contributed by atoms with Crippen LogP contribution < -0.4 is 4.74 Å². The Morgan fingerprint density at radius 2 is 1.86 bits per heavy atom. The lowest BCUT2D eigenvalue weighted by molar-refractivity contribution is 0.0431. The third-order valence-electron chi connectivity index (χ3n) is 5.43. The molecule has 0 unspecified atom stereocenters. The second-order valence-corrected chi connectivity index (χ2v) is 7.16. The van der Waals surface area contributed by atoms with Crippen LogP contribution in [0.15, 0.2) is 42.5 Å². The highest BCUT2D eigenvalue weighted by molar-refractivity contribution is 5.95. The van der Waals surface area contributed by atoms with Crippen LogP contribution in [0.5, 0.6) is 5.75 Å². The lowest BCUT2D eigenvalue weighted by Gasteiger charge is -2.34. The minimum absolute atomic E-state index is 0.0766. The third kappa shape index (κ3) is 4.50. The van der Waals surface area contributed by atoms with E-state index in [1.807, 2.05) is 30.3 Å². The molecule has 1 heterocycles. The molecule has 0 aliphatic carbocycles. The number of halogens is 2. The predicted molar refractivity (Wildman–Crippen MR) is 102 cm³/mol. The van der Waals surface area contributed by atoms with Gasteiger partial charge in [0.05, 0.1) is 13.2 Å². The standard InChI is InChI=1S/C22H25F2NO3/c1-28-19-10-8-17(23)20(21(19)24)22(27)25-13-11-16(12-14-25)18(26)9-7-15-5-3-2-4-6-15/h2-6,8,10,16,18,26H,7,9,11-14H2,1H3/t18-/m1/s1. The Bertz CT molecular complexity index is 805. The molecular formula is C22H25F2NO3. The van der Waals surface area contributed by atoms with E-state index in [0.29, 0.717) is 32.4 Å². The van der Waals surface area contributed by atoms with E-state index in [-0.39, 0.29) is 11.7 Å². The van der Waals surface area contributed by atoms with Gasteiger partial charge in [0, 0.05) is 13.1 Å². The Morgan fingerprint density at radius 1 is 1.18 bits per heavy atom. The molecule has 2 aromatic rings. The molecule has 2 aromatic carbocycles. The van der Waals surface area contributed by atoms with Gasteiger partial charge in [-0.25, -0.2) is 8.78 Å². The number of benzene rings is 2. The van der Waals surface area contributed by atoms with Crippen molar-refractivity contribution < 1.29 is 23.4 Å². The summed E-state index contributed by atoms with van der Waals surface area (Å²) >= 11 is 0. The summed E-state index contributed by atoms with van der Waals surface area (Å²) in [6, 6.07) is 12.2. The molecule has 0 saturated carbocycles. The molecule has 1 fully saturated rings. The van der Waals surface area contributed by atoms with Crippen molar-refractivity contribution in [3.05, 3.63) is 65.2 Å². The zero-order chi connectivity index (χ0) is 20.1. The number of amides is 1. The summed E-state index contributed by atoms with van der Waals surface area (Å²) in [6.07, 6.45) is 2.20. The normalized spacial score (nSPS) is 16.1. The van der Waals surface area contributed by atoms with Crippen LogP contribution in [-0.4, -0.2) is 42.2 Å². The first kappa shape index (κ1) is 20.3. The first-order chi connectivity index (χ1) is 13.5. The van der Waals surface area contributed by atoms with Crippen molar-refractivity contribution in [3.8, 4) is 5.75 Å². The van der Waals surface area contributed by atoms with Crippen molar-refractivity contribution in [2.75, 3.05) is 20.2 Å². The van der Waals surface area contributed by atoms with Crippen LogP contribution in [0.4, 0.5) is 8.78 Å². The van der Waals surface area contributed by atoms with Crippen molar-refractivity contribution in [2.24, 2.45) is 5.92 Å². The highest BCUT2D eigenvalue weighted by Crippen LogP contribution is 2.28. The quantitative estimate of drug-likeness (QED) is 0.817. The van der Waals surface area contributed by atoms with E-state index in [0.717, 1.165) is 18.6 Å². The topological polar surface area (TPSA) is 49.8 Å². The van der Waals surface area contributed by atoms with Gasteiger partial charge in [-0.2, -0.15) is 0 Å². The number of aliphatic hydroxyl groups is 1. The number of nitrogens with zero attached hydrogens (tertiary/aromatic N) is 1. The maximum atomic E-state index is 14.4. The maximum absolute atomic E-state index is 14.4. The lowest BCUT2D eigenvalue weighted by Crippen LogP contribution is -2.42. The highest BCUT2D eigenvalue weighted by atomic mass is 19.1. The molecule has 1 aliphatic rings. The molecule has 1 amide bonds. The number of aliphatic hydroxyl groups excluding tert-OH is 1. The van der Waals surface area contributed by atoms with E-state index in [1.54, 1.807) is 0 Å². The Morgan fingerprint density at radius 3 is 2.50 bits per heavy atom. The fourth-order valence-corrected chi connectivity index (χ4v) is 3.73. The molecule has 3 rings (SSSR count). The van der Waals surface area contributed by atoms with Crippen LogP contribution in [0, 0.1) is 17.6 Å². The molecule has 1 N–H and O–H groups in total. The Balaban J connectivity index is 1.57. The van der Waals surface area contributed by atoms with Gasteiger partial charge in [0.15, 0.2) is 11.6 Å². The van der Waals surface area contributed by atoms with Crippen molar-refractivity contribution >= 4 is 5.91 Å². The average molecular weight is 389 g/mol. The summed E-state index contributed by atoms with van der Waals surface area (Å²) in [5, 5.41) is 10.5. The number of rotatable bonds is 6. The fraction of sp³-hybridized carbons (Fsp3) is 0.409. The minimum atomic E-state index is -0.975. The van der Waals surface area contributed by atoms with Crippen molar-refractivity contribution in [3.63, 3.8) is 0 Å². The van der Waals surface area contributed by atoms with E-state index in [2.05, 4.69) is 0 Å². The van der Waals surface area contributed by atoms with E-state index in [9.17, 15) is 18.7 Å². The molecule has 0 bridgehead atoms. The van der Waals surface area contributed by atoms with Gasteiger partial charge in [-0.05, 0) is 49.3 Å². The van der Waals surface area contributed by atoms with Crippen LogP contribution in [0.25, 0.3) is 0 Å². The van der Waals surface area contributed by atoms with Crippen LogP contribution in [0.2, 0.25) is 0 Å². The Hall–Kier alpha value is -2.47. The SMILES string of the molecule is COc1ccc(F)c(C(=O)N2CCC([C@H](O)CCc3ccccc3)CC2)c1F. The molecular weight excluding hydrogens is 364 g/mol. The zero-order valence-corrected chi connectivity index (χ0v) is 15.9. The van der Waals surface area contributed by atoms with E-state index in [4.69, 9.17) is 4.74 Å². The number of methoxy groups -OCH3 is 1. The smallest absolute Gasteiger partial charge is 0.259 e. The second kappa shape index (κ2) is 9.15. The number of ether oxygens (including phenoxy) is 1. The van der Waals surface area contributed by atoms with Gasteiger partial charge in [-0.1, -0.05) is 30.3 Å². The van der Waals surface area contributed by atoms with Crippen molar-refractivity contribution in [1.29, 1.82) is 0 Å².